The molecule has 7 heteroatoms. The van der Waals surface area contributed by atoms with Crippen LogP contribution in [-0.4, -0.2) is 26.8 Å². The van der Waals surface area contributed by atoms with Crippen molar-refractivity contribution in [1.82, 2.24) is 15.0 Å². The quantitative estimate of drug-likeness (QED) is 0.861. The first kappa shape index (κ1) is 12.7. The zero-order chi connectivity index (χ0) is 13.8. The highest BCUT2D eigenvalue weighted by Crippen LogP contribution is 2.14. The normalized spacial score (nSPS) is 10.0. The second-order valence-electron chi connectivity index (χ2n) is 3.93. The summed E-state index contributed by atoms with van der Waals surface area (Å²) in [6.07, 6.45) is 1.39. The number of hydrogen-bond acceptors (Lipinski definition) is 4. The summed E-state index contributed by atoms with van der Waals surface area (Å²) in [5.74, 6) is -0.475. The Labute approximate surface area is 109 Å². The number of hydrogen-bond donors (Lipinski definition) is 2. The molecule has 2 N–H and O–H groups in total. The molecule has 7 nitrogen and oxygen atoms in total. The molecule has 0 aliphatic rings. The molecule has 0 aliphatic carbocycles. The minimum Gasteiger partial charge on any atom is -0.326 e. The molecule has 1 aromatic carbocycles. The van der Waals surface area contributed by atoms with E-state index in [9.17, 15) is 9.59 Å². The third-order valence-electron chi connectivity index (χ3n) is 2.30. The van der Waals surface area contributed by atoms with Gasteiger partial charge in [-0.25, -0.2) is 0 Å². The lowest BCUT2D eigenvalue weighted by molar-refractivity contribution is -0.114. The van der Waals surface area contributed by atoms with Gasteiger partial charge in [-0.05, 0) is 24.3 Å². The summed E-state index contributed by atoms with van der Waals surface area (Å²) in [5, 5.41) is 13.1. The van der Waals surface area contributed by atoms with Gasteiger partial charge in [-0.3, -0.25) is 9.59 Å². The summed E-state index contributed by atoms with van der Waals surface area (Å²) in [6, 6.07) is 6.79. The van der Waals surface area contributed by atoms with E-state index in [1.807, 2.05) is 0 Å². The van der Waals surface area contributed by atoms with Crippen molar-refractivity contribution < 1.29 is 9.59 Å². The molecule has 0 fully saturated rings. The number of carbonyl (C=O) groups excluding carboxylic acids is 2. The minimum absolute atomic E-state index is 0.142. The molecule has 0 saturated heterocycles. The standard InChI is InChI=1S/C12H13N5O2/c1-8(18)14-9-3-5-10(6-4-9)15-12(19)11-7-13-17(2)16-11/h3-7H,1-2H3,(H,14,18)(H,15,19). The zero-order valence-corrected chi connectivity index (χ0v) is 10.5. The summed E-state index contributed by atoms with van der Waals surface area (Å²) in [6.45, 7) is 1.43. The smallest absolute Gasteiger partial charge is 0.277 e. The highest BCUT2D eigenvalue weighted by molar-refractivity contribution is 6.02. The maximum Gasteiger partial charge on any atom is 0.277 e. The summed E-state index contributed by atoms with van der Waals surface area (Å²) in [7, 11) is 1.64. The van der Waals surface area contributed by atoms with E-state index < -0.39 is 0 Å². The van der Waals surface area contributed by atoms with Gasteiger partial charge < -0.3 is 10.6 Å². The van der Waals surface area contributed by atoms with Crippen LogP contribution in [0, 0.1) is 0 Å². The van der Waals surface area contributed by atoms with Gasteiger partial charge in [-0.2, -0.15) is 9.90 Å². The number of carbonyl (C=O) groups is 2. The first-order valence-electron chi connectivity index (χ1n) is 5.60. The number of amides is 2. The third kappa shape index (κ3) is 3.38. The van der Waals surface area contributed by atoms with E-state index in [1.54, 1.807) is 31.3 Å². The SMILES string of the molecule is CC(=O)Nc1ccc(NC(=O)c2cnn(C)n2)cc1. The van der Waals surface area contributed by atoms with E-state index in [1.165, 1.54) is 17.9 Å². The molecule has 0 bridgehead atoms. The third-order valence-corrected chi connectivity index (χ3v) is 2.30. The fourth-order valence-corrected chi connectivity index (χ4v) is 1.49. The fourth-order valence-electron chi connectivity index (χ4n) is 1.49. The van der Waals surface area contributed by atoms with Crippen LogP contribution in [0.25, 0.3) is 0 Å². The average molecular weight is 259 g/mol. The molecule has 2 rings (SSSR count). The van der Waals surface area contributed by atoms with Crippen LogP contribution in [0.5, 0.6) is 0 Å². The van der Waals surface area contributed by atoms with Crippen LogP contribution in [-0.2, 0) is 11.8 Å². The van der Waals surface area contributed by atoms with Crippen molar-refractivity contribution in [2.24, 2.45) is 7.05 Å². The lowest BCUT2D eigenvalue weighted by Crippen LogP contribution is -2.13. The van der Waals surface area contributed by atoms with Gasteiger partial charge >= 0.3 is 0 Å². The van der Waals surface area contributed by atoms with Gasteiger partial charge in [0.15, 0.2) is 5.69 Å². The van der Waals surface area contributed by atoms with Gasteiger partial charge in [0.25, 0.3) is 5.91 Å². The molecule has 0 radical (unpaired) electrons. The highest BCUT2D eigenvalue weighted by Gasteiger charge is 2.09. The molecule has 0 atom stereocenters. The van der Waals surface area contributed by atoms with E-state index in [-0.39, 0.29) is 17.5 Å². The van der Waals surface area contributed by atoms with Crippen LogP contribution in [0.1, 0.15) is 17.4 Å². The van der Waals surface area contributed by atoms with E-state index in [0.29, 0.717) is 11.4 Å². The number of nitrogens with one attached hydrogen (secondary N) is 2. The van der Waals surface area contributed by atoms with Gasteiger partial charge in [0.2, 0.25) is 5.91 Å². The molecule has 2 amide bonds. The highest BCUT2D eigenvalue weighted by atomic mass is 16.2. The number of anilines is 2. The van der Waals surface area contributed by atoms with Crippen LogP contribution in [0.2, 0.25) is 0 Å². The molecule has 0 spiro atoms. The first-order chi connectivity index (χ1) is 9.04. The average Bonchev–Trinajstić information content (AvgIpc) is 2.78. The Kier molecular flexibility index (Phi) is 3.56. The summed E-state index contributed by atoms with van der Waals surface area (Å²) >= 11 is 0. The molecular weight excluding hydrogens is 246 g/mol. The van der Waals surface area contributed by atoms with E-state index >= 15 is 0 Å². The molecule has 2 aromatic rings. The Morgan fingerprint density at radius 1 is 1.11 bits per heavy atom. The number of nitrogens with zero attached hydrogens (tertiary/aromatic N) is 3. The molecule has 1 heterocycles. The van der Waals surface area contributed by atoms with Crippen LogP contribution >= 0.6 is 0 Å². The lowest BCUT2D eigenvalue weighted by Gasteiger charge is -2.05. The van der Waals surface area contributed by atoms with Crippen molar-refractivity contribution in [2.75, 3.05) is 10.6 Å². The molecule has 98 valence electrons. The molecule has 1 aromatic heterocycles. The Hall–Kier alpha value is -2.70. The van der Waals surface area contributed by atoms with Crippen molar-refractivity contribution >= 4 is 23.2 Å². The van der Waals surface area contributed by atoms with Crippen LogP contribution in [0.3, 0.4) is 0 Å². The Morgan fingerprint density at radius 2 is 1.68 bits per heavy atom. The van der Waals surface area contributed by atoms with Crippen molar-refractivity contribution in [2.45, 2.75) is 6.92 Å². The topological polar surface area (TPSA) is 88.9 Å². The Balaban J connectivity index is 2.03. The van der Waals surface area contributed by atoms with Gasteiger partial charge in [-0.1, -0.05) is 0 Å². The second-order valence-corrected chi connectivity index (χ2v) is 3.93. The van der Waals surface area contributed by atoms with Crippen LogP contribution in [0.15, 0.2) is 30.5 Å². The summed E-state index contributed by atoms with van der Waals surface area (Å²) in [5.41, 5.74) is 1.53. The predicted molar refractivity (Wildman–Crippen MR) is 69.7 cm³/mol. The predicted octanol–water partition coefficient (Wildman–Crippen LogP) is 1.03. The van der Waals surface area contributed by atoms with Crippen LogP contribution < -0.4 is 10.6 Å². The van der Waals surface area contributed by atoms with Crippen molar-refractivity contribution in [3.63, 3.8) is 0 Å². The molecule has 0 aliphatic heterocycles. The molecule has 0 unspecified atom stereocenters. The zero-order valence-electron chi connectivity index (χ0n) is 10.5. The van der Waals surface area contributed by atoms with Crippen molar-refractivity contribution in [1.29, 1.82) is 0 Å². The van der Waals surface area contributed by atoms with E-state index in [4.69, 9.17) is 0 Å². The Bertz CT molecular complexity index is 603. The molecular formula is C12H13N5O2. The van der Waals surface area contributed by atoms with Crippen molar-refractivity contribution in [3.05, 3.63) is 36.2 Å². The summed E-state index contributed by atoms with van der Waals surface area (Å²) in [4.78, 5) is 24.0. The van der Waals surface area contributed by atoms with Crippen LogP contribution in [0.4, 0.5) is 11.4 Å². The number of benzene rings is 1. The lowest BCUT2D eigenvalue weighted by atomic mass is 10.2. The first-order valence-corrected chi connectivity index (χ1v) is 5.60. The number of aromatic nitrogens is 3. The maximum absolute atomic E-state index is 11.8. The maximum atomic E-state index is 11.8. The Morgan fingerprint density at radius 3 is 2.16 bits per heavy atom. The molecule has 0 saturated carbocycles. The molecule has 19 heavy (non-hydrogen) atoms. The monoisotopic (exact) mass is 259 g/mol. The minimum atomic E-state index is -0.333. The fraction of sp³-hybridized carbons (Fsp3) is 0.167. The van der Waals surface area contributed by atoms with Gasteiger partial charge in [0, 0.05) is 25.3 Å². The number of aryl methyl sites for hydroxylation is 1. The van der Waals surface area contributed by atoms with Gasteiger partial charge in [-0.15, -0.1) is 5.10 Å². The van der Waals surface area contributed by atoms with E-state index in [2.05, 4.69) is 20.8 Å². The van der Waals surface area contributed by atoms with Gasteiger partial charge in [0.05, 0.1) is 6.20 Å². The van der Waals surface area contributed by atoms with Crippen molar-refractivity contribution in [3.8, 4) is 0 Å². The summed E-state index contributed by atoms with van der Waals surface area (Å²) < 4.78 is 0. The van der Waals surface area contributed by atoms with E-state index in [0.717, 1.165) is 0 Å². The largest absolute Gasteiger partial charge is 0.326 e. The van der Waals surface area contributed by atoms with Gasteiger partial charge in [0.1, 0.15) is 0 Å². The number of rotatable bonds is 3. The second kappa shape index (κ2) is 5.30.